The van der Waals surface area contributed by atoms with Crippen LogP contribution in [0.4, 0.5) is 28.4 Å². The van der Waals surface area contributed by atoms with Crippen LogP contribution in [-0.4, -0.2) is 6.85 Å². The second kappa shape index (κ2) is 13.8. The van der Waals surface area contributed by atoms with Gasteiger partial charge in [0.25, 0.3) is 0 Å². The van der Waals surface area contributed by atoms with Gasteiger partial charge in [-0.25, -0.2) is 0 Å². The Kier molecular flexibility index (Phi) is 8.50. The summed E-state index contributed by atoms with van der Waals surface area (Å²) in [6.07, 6.45) is 6.95. The van der Waals surface area contributed by atoms with Gasteiger partial charge in [-0.15, -0.1) is 0 Å². The SMILES string of the molecule is CC1(C)CCC(C)(C)c2cc(N3B4c5cc6c(cc5N(c5ccc7c(c5)C(C)(C)CCC7(C)C)c5cc7c(oc8ccccc87)c(c54)-c4cc5c(cc43)oc3ccccc35)C(C)(C)CCC6(C)C)ccc21. The number of para-hydroxylation sites is 2. The minimum absolute atomic E-state index is 0.00277. The second-order valence-electron chi connectivity index (χ2n) is 26.5. The first kappa shape index (κ1) is 43.6. The van der Waals surface area contributed by atoms with Crippen LogP contribution in [0.25, 0.3) is 55.0 Å². The van der Waals surface area contributed by atoms with Gasteiger partial charge in [-0.2, -0.15) is 0 Å². The van der Waals surface area contributed by atoms with Gasteiger partial charge < -0.3 is 18.5 Å². The molecule has 0 saturated heterocycles. The molecule has 71 heavy (non-hydrogen) atoms. The highest BCUT2D eigenvalue weighted by atomic mass is 16.3. The summed E-state index contributed by atoms with van der Waals surface area (Å²) < 4.78 is 14.1. The van der Waals surface area contributed by atoms with Crippen molar-refractivity contribution in [1.29, 1.82) is 0 Å². The quantitative estimate of drug-likeness (QED) is 0.162. The zero-order valence-electron chi connectivity index (χ0n) is 44.0. The lowest BCUT2D eigenvalue weighted by Crippen LogP contribution is -2.62. The van der Waals surface area contributed by atoms with Crippen molar-refractivity contribution in [3.8, 4) is 11.1 Å². The molecule has 4 heterocycles. The van der Waals surface area contributed by atoms with Crippen molar-refractivity contribution >= 4 is 90.1 Å². The van der Waals surface area contributed by atoms with E-state index in [1.54, 1.807) is 0 Å². The van der Waals surface area contributed by atoms with E-state index < -0.39 is 0 Å². The zero-order chi connectivity index (χ0) is 49.1. The summed E-state index contributed by atoms with van der Waals surface area (Å²) in [6, 6.07) is 44.9. The minimum Gasteiger partial charge on any atom is -0.456 e. The van der Waals surface area contributed by atoms with Crippen LogP contribution in [0.5, 0.6) is 0 Å². The summed E-state index contributed by atoms with van der Waals surface area (Å²) in [6.45, 7) is 29.4. The molecule has 0 saturated carbocycles. The number of benzene rings is 7. The lowest BCUT2D eigenvalue weighted by Gasteiger charge is -2.49. The molecule has 2 aromatic heterocycles. The largest absolute Gasteiger partial charge is 0.456 e. The van der Waals surface area contributed by atoms with Gasteiger partial charge >= 0.3 is 6.85 Å². The van der Waals surface area contributed by atoms with E-state index in [2.05, 4.69) is 208 Å². The third-order valence-corrected chi connectivity index (χ3v) is 19.2. The Bertz CT molecular complexity index is 3810. The second-order valence-corrected chi connectivity index (χ2v) is 26.5. The Labute approximate surface area is 420 Å². The van der Waals surface area contributed by atoms with Crippen LogP contribution >= 0.6 is 0 Å². The molecule has 0 unspecified atom stereocenters. The molecule has 0 N–H and O–H groups in total. The highest BCUT2D eigenvalue weighted by Crippen LogP contribution is 2.57. The van der Waals surface area contributed by atoms with Crippen molar-refractivity contribution in [1.82, 2.24) is 0 Å². The predicted molar refractivity (Wildman–Crippen MR) is 301 cm³/mol. The molecule has 2 aliphatic heterocycles. The first-order valence-corrected chi connectivity index (χ1v) is 26.7. The van der Waals surface area contributed by atoms with Crippen molar-refractivity contribution < 1.29 is 8.83 Å². The first-order chi connectivity index (χ1) is 33.6. The Morgan fingerprint density at radius 1 is 0.394 bits per heavy atom. The molecule has 3 aliphatic carbocycles. The minimum atomic E-state index is -0.185. The molecule has 0 radical (unpaired) electrons. The smallest absolute Gasteiger partial charge is 0.333 e. The Morgan fingerprint density at radius 3 is 1.49 bits per heavy atom. The third kappa shape index (κ3) is 5.93. The Morgan fingerprint density at radius 2 is 0.887 bits per heavy atom. The average molecular weight is 931 g/mol. The monoisotopic (exact) mass is 931 g/mol. The van der Waals surface area contributed by atoms with Gasteiger partial charge in [-0.1, -0.05) is 138 Å². The average Bonchev–Trinajstić information content (AvgIpc) is 3.90. The van der Waals surface area contributed by atoms with E-state index >= 15 is 0 Å². The fraction of sp³-hybridized carbons (Fsp3) is 0.364. The highest BCUT2D eigenvalue weighted by Gasteiger charge is 2.50. The van der Waals surface area contributed by atoms with Gasteiger partial charge in [0, 0.05) is 67.2 Å². The molecule has 5 aliphatic rings. The summed E-state index contributed by atoms with van der Waals surface area (Å²) in [4.78, 5) is 5.41. The maximum absolute atomic E-state index is 7.27. The summed E-state index contributed by atoms with van der Waals surface area (Å²) in [7, 11) is 0. The van der Waals surface area contributed by atoms with Gasteiger partial charge in [0.2, 0.25) is 0 Å². The van der Waals surface area contributed by atoms with E-state index in [-0.39, 0.29) is 39.3 Å². The molecule has 7 aromatic carbocycles. The summed E-state index contributed by atoms with van der Waals surface area (Å²) >= 11 is 0. The number of furan rings is 2. The molecule has 0 spiro atoms. The molecule has 9 aromatic rings. The Hall–Kier alpha value is -6.20. The number of rotatable bonds is 2. The lowest BCUT2D eigenvalue weighted by atomic mass is 9.42. The van der Waals surface area contributed by atoms with E-state index in [4.69, 9.17) is 8.83 Å². The molecule has 0 amide bonds. The Balaban J connectivity index is 1.17. The fourth-order valence-corrected chi connectivity index (χ4v) is 14.5. The van der Waals surface area contributed by atoms with Crippen LogP contribution in [0, 0.1) is 0 Å². The van der Waals surface area contributed by atoms with Crippen molar-refractivity contribution in [2.75, 3.05) is 9.71 Å². The van der Waals surface area contributed by atoms with Crippen LogP contribution in [0.1, 0.15) is 155 Å². The molecule has 0 atom stereocenters. The maximum Gasteiger partial charge on any atom is 0.333 e. The van der Waals surface area contributed by atoms with Crippen molar-refractivity contribution in [3.05, 3.63) is 149 Å². The number of hydrogen-bond donors (Lipinski definition) is 0. The number of hydrogen-bond acceptors (Lipinski definition) is 4. The van der Waals surface area contributed by atoms with Crippen molar-refractivity contribution in [2.24, 2.45) is 0 Å². The molecule has 4 nitrogen and oxygen atoms in total. The summed E-state index contributed by atoms with van der Waals surface area (Å²) in [5.41, 5.74) is 23.8. The fourth-order valence-electron chi connectivity index (χ4n) is 14.5. The maximum atomic E-state index is 7.27. The molecule has 0 bridgehead atoms. The summed E-state index contributed by atoms with van der Waals surface area (Å²) in [5, 5.41) is 4.54. The van der Waals surface area contributed by atoms with E-state index in [0.29, 0.717) is 0 Å². The number of anilines is 5. The predicted octanol–water partition coefficient (Wildman–Crippen LogP) is 17.2. The highest BCUT2D eigenvalue weighted by molar-refractivity contribution is 6.94. The van der Waals surface area contributed by atoms with E-state index in [1.165, 1.54) is 91.0 Å². The van der Waals surface area contributed by atoms with Crippen molar-refractivity contribution in [2.45, 2.75) is 154 Å². The van der Waals surface area contributed by atoms with Crippen LogP contribution in [0.15, 0.2) is 124 Å². The normalized spacial score (nSPS) is 20.4. The summed E-state index contributed by atoms with van der Waals surface area (Å²) in [5.74, 6) is 0. The zero-order valence-corrected chi connectivity index (χ0v) is 44.0. The third-order valence-electron chi connectivity index (χ3n) is 19.2. The van der Waals surface area contributed by atoms with E-state index in [0.717, 1.165) is 75.2 Å². The number of fused-ring (bicyclic) bond motifs is 14. The van der Waals surface area contributed by atoms with Gasteiger partial charge in [-0.3, -0.25) is 0 Å². The van der Waals surface area contributed by atoms with Crippen LogP contribution in [0.2, 0.25) is 0 Å². The van der Waals surface area contributed by atoms with Crippen LogP contribution in [0.3, 0.4) is 0 Å². The molecular weight excluding hydrogens is 864 g/mol. The first-order valence-electron chi connectivity index (χ1n) is 26.7. The van der Waals surface area contributed by atoms with Gasteiger partial charge in [-0.05, 0) is 170 Å². The lowest BCUT2D eigenvalue weighted by molar-refractivity contribution is 0.332. The standard InChI is InChI=1S/C66H67BN2O2/c1-61(2)25-27-63(5,6)47-31-38(21-23-45(47)61)68-53-36-50-49(65(9,10)29-30-66(50,11)12)35-51(53)67-59-54(68)34-43-41-18-14-16-20-56(41)71-60(43)58(59)44-33-42-40-17-13-15-19-55(40)70-57(42)37-52(44)69(67)39-22-24-46-48(32-39)64(7,8)28-26-62(46,3)4/h13-24,31-37H,25-30H2,1-12H3. The van der Waals surface area contributed by atoms with Gasteiger partial charge in [0.05, 0.1) is 0 Å². The van der Waals surface area contributed by atoms with Crippen LogP contribution in [-0.2, 0) is 32.5 Å². The van der Waals surface area contributed by atoms with Gasteiger partial charge in [0.1, 0.15) is 22.3 Å². The molecule has 356 valence electrons. The molecule has 14 rings (SSSR count). The van der Waals surface area contributed by atoms with E-state index in [1.807, 2.05) is 0 Å². The van der Waals surface area contributed by atoms with E-state index in [9.17, 15) is 0 Å². The van der Waals surface area contributed by atoms with Crippen molar-refractivity contribution in [3.63, 3.8) is 0 Å². The molecule has 5 heteroatoms. The topological polar surface area (TPSA) is 32.8 Å². The van der Waals surface area contributed by atoms with Gasteiger partial charge in [0.15, 0.2) is 0 Å². The molecular formula is C66H67BN2O2. The number of nitrogens with zero attached hydrogens (tertiary/aromatic N) is 2. The molecule has 0 fully saturated rings. The van der Waals surface area contributed by atoms with Crippen LogP contribution < -0.4 is 20.6 Å².